The van der Waals surface area contributed by atoms with Crippen molar-refractivity contribution < 1.29 is 9.90 Å². The maximum atomic E-state index is 11.7. The number of carbonyl (C=O) groups is 1. The summed E-state index contributed by atoms with van der Waals surface area (Å²) >= 11 is 0. The van der Waals surface area contributed by atoms with Crippen molar-refractivity contribution in [3.63, 3.8) is 0 Å². The fraction of sp³-hybridized carbons (Fsp3) is 0.167. The van der Waals surface area contributed by atoms with Crippen molar-refractivity contribution >= 4 is 5.97 Å². The average molecular weight is 232 g/mol. The lowest BCUT2D eigenvalue weighted by Crippen LogP contribution is -2.20. The van der Waals surface area contributed by atoms with Crippen molar-refractivity contribution in [2.45, 2.75) is 6.42 Å². The number of hydrogen-bond donors (Lipinski definition) is 1. The van der Waals surface area contributed by atoms with Gasteiger partial charge in [0.15, 0.2) is 0 Å². The quantitative estimate of drug-likeness (QED) is 0.851. The minimum Gasteiger partial charge on any atom is -0.481 e. The molecule has 0 aliphatic heterocycles. The molecule has 0 radical (unpaired) electrons. The molecular formula is C12H12N2O3. The number of hydrogen-bond acceptors (Lipinski definition) is 2. The van der Waals surface area contributed by atoms with Crippen LogP contribution in [0.5, 0.6) is 0 Å². The molecule has 2 aromatic rings. The lowest BCUT2D eigenvalue weighted by molar-refractivity contribution is -0.136. The van der Waals surface area contributed by atoms with Crippen LogP contribution >= 0.6 is 0 Å². The van der Waals surface area contributed by atoms with Crippen LogP contribution < -0.4 is 5.69 Å². The number of rotatable bonds is 3. The summed E-state index contributed by atoms with van der Waals surface area (Å²) in [5.74, 6) is -0.866. The zero-order valence-electron chi connectivity index (χ0n) is 9.33. The zero-order chi connectivity index (χ0) is 12.4. The van der Waals surface area contributed by atoms with Gasteiger partial charge < -0.3 is 9.67 Å². The van der Waals surface area contributed by atoms with Gasteiger partial charge in [0.2, 0.25) is 0 Å². The highest BCUT2D eigenvalue weighted by Gasteiger charge is 2.04. The molecule has 1 N–H and O–H groups in total. The van der Waals surface area contributed by atoms with Crippen LogP contribution in [0.3, 0.4) is 0 Å². The second-order valence-corrected chi connectivity index (χ2v) is 3.80. The van der Waals surface area contributed by atoms with Crippen molar-refractivity contribution in [3.05, 3.63) is 52.7 Å². The smallest absolute Gasteiger partial charge is 0.332 e. The second-order valence-electron chi connectivity index (χ2n) is 3.80. The van der Waals surface area contributed by atoms with Crippen LogP contribution in [0.4, 0.5) is 0 Å². The van der Waals surface area contributed by atoms with Gasteiger partial charge in [-0.3, -0.25) is 9.36 Å². The molecule has 0 unspecified atom stereocenters. The number of aryl methyl sites for hydroxylation is 1. The van der Waals surface area contributed by atoms with E-state index in [1.54, 1.807) is 43.7 Å². The van der Waals surface area contributed by atoms with E-state index in [1.165, 1.54) is 9.13 Å². The standard InChI is InChI=1S/C12H12N2O3/c1-13-6-7-14(12(13)17)10-4-2-9(3-5-10)8-11(15)16/h2-7H,8H2,1H3,(H,15,16). The van der Waals surface area contributed by atoms with Gasteiger partial charge >= 0.3 is 11.7 Å². The number of carboxylic acid groups (broad SMARTS) is 1. The Balaban J connectivity index is 2.33. The highest BCUT2D eigenvalue weighted by atomic mass is 16.4. The molecule has 88 valence electrons. The largest absolute Gasteiger partial charge is 0.481 e. The molecule has 0 bridgehead atoms. The number of aliphatic carboxylic acids is 1. The first-order valence-electron chi connectivity index (χ1n) is 5.13. The van der Waals surface area contributed by atoms with Crippen LogP contribution in [0.25, 0.3) is 5.69 Å². The number of imidazole rings is 1. The summed E-state index contributed by atoms with van der Waals surface area (Å²) in [7, 11) is 1.68. The third-order valence-electron chi connectivity index (χ3n) is 2.52. The Bertz CT molecular complexity index is 593. The molecule has 0 aliphatic rings. The maximum Gasteiger partial charge on any atom is 0.332 e. The molecule has 0 atom stereocenters. The molecular weight excluding hydrogens is 220 g/mol. The van der Waals surface area contributed by atoms with E-state index < -0.39 is 5.97 Å². The highest BCUT2D eigenvalue weighted by molar-refractivity contribution is 5.70. The first-order chi connectivity index (χ1) is 8.08. The third-order valence-corrected chi connectivity index (χ3v) is 2.52. The molecule has 17 heavy (non-hydrogen) atoms. The summed E-state index contributed by atoms with van der Waals surface area (Å²) in [5, 5.41) is 8.64. The topological polar surface area (TPSA) is 64.2 Å². The van der Waals surface area contributed by atoms with E-state index >= 15 is 0 Å². The predicted octanol–water partition coefficient (Wildman–Crippen LogP) is 0.803. The summed E-state index contributed by atoms with van der Waals surface area (Å²) in [6.07, 6.45) is 3.34. The molecule has 1 aromatic heterocycles. The van der Waals surface area contributed by atoms with Gasteiger partial charge in [-0.05, 0) is 17.7 Å². The van der Waals surface area contributed by atoms with Gasteiger partial charge in [0.1, 0.15) is 0 Å². The molecule has 0 saturated carbocycles. The summed E-state index contributed by atoms with van der Waals surface area (Å²) in [5.41, 5.74) is 1.31. The Labute approximate surface area is 97.5 Å². The SMILES string of the molecule is Cn1ccn(-c2ccc(CC(=O)O)cc2)c1=O. The predicted molar refractivity (Wildman–Crippen MR) is 62.3 cm³/mol. The minimum atomic E-state index is -0.866. The normalized spacial score (nSPS) is 10.4. The van der Waals surface area contributed by atoms with Crippen molar-refractivity contribution in [3.8, 4) is 5.69 Å². The molecule has 0 aliphatic carbocycles. The van der Waals surface area contributed by atoms with Crippen LogP contribution in [0.15, 0.2) is 41.5 Å². The molecule has 0 fully saturated rings. The van der Waals surface area contributed by atoms with Gasteiger partial charge in [-0.25, -0.2) is 4.79 Å². The summed E-state index contributed by atoms with van der Waals surface area (Å²) in [4.78, 5) is 22.2. The van der Waals surface area contributed by atoms with Crippen LogP contribution in [-0.2, 0) is 18.3 Å². The van der Waals surface area contributed by atoms with E-state index in [-0.39, 0.29) is 12.1 Å². The number of benzene rings is 1. The molecule has 5 nitrogen and oxygen atoms in total. The fourth-order valence-corrected chi connectivity index (χ4v) is 1.61. The van der Waals surface area contributed by atoms with Crippen LogP contribution in [0.1, 0.15) is 5.56 Å². The zero-order valence-corrected chi connectivity index (χ0v) is 9.33. The maximum absolute atomic E-state index is 11.7. The molecule has 0 spiro atoms. The van der Waals surface area contributed by atoms with Crippen molar-refractivity contribution in [2.24, 2.45) is 7.05 Å². The number of aromatic nitrogens is 2. The molecule has 5 heteroatoms. The average Bonchev–Trinajstić information content (AvgIpc) is 2.60. The van der Waals surface area contributed by atoms with Gasteiger partial charge in [0, 0.05) is 19.4 Å². The van der Waals surface area contributed by atoms with Crippen molar-refractivity contribution in [2.75, 3.05) is 0 Å². The van der Waals surface area contributed by atoms with Crippen LogP contribution in [0.2, 0.25) is 0 Å². The first kappa shape index (κ1) is 11.2. The van der Waals surface area contributed by atoms with E-state index in [9.17, 15) is 9.59 Å². The van der Waals surface area contributed by atoms with E-state index in [1.807, 2.05) is 0 Å². The molecule has 0 amide bonds. The minimum absolute atomic E-state index is 0.00995. The Hall–Kier alpha value is -2.30. The molecule has 1 aromatic carbocycles. The van der Waals surface area contributed by atoms with E-state index in [2.05, 4.69) is 0 Å². The van der Waals surface area contributed by atoms with Crippen molar-refractivity contribution in [1.82, 2.24) is 9.13 Å². The summed E-state index contributed by atoms with van der Waals surface area (Å²) in [6, 6.07) is 6.89. The lowest BCUT2D eigenvalue weighted by atomic mass is 10.1. The monoisotopic (exact) mass is 232 g/mol. The van der Waals surface area contributed by atoms with Gasteiger partial charge in [0.05, 0.1) is 12.1 Å². The Morgan fingerprint density at radius 1 is 1.24 bits per heavy atom. The highest BCUT2D eigenvalue weighted by Crippen LogP contribution is 2.08. The molecule has 1 heterocycles. The Morgan fingerprint density at radius 3 is 2.35 bits per heavy atom. The summed E-state index contributed by atoms with van der Waals surface area (Å²) < 4.78 is 2.98. The first-order valence-corrected chi connectivity index (χ1v) is 5.13. The summed E-state index contributed by atoms with van der Waals surface area (Å²) in [6.45, 7) is 0. The molecule has 0 saturated heterocycles. The Kier molecular flexibility index (Phi) is 2.82. The van der Waals surface area contributed by atoms with E-state index in [0.29, 0.717) is 5.56 Å². The van der Waals surface area contributed by atoms with Crippen molar-refractivity contribution in [1.29, 1.82) is 0 Å². The number of carboxylic acids is 1. The van der Waals surface area contributed by atoms with Gasteiger partial charge in [-0.1, -0.05) is 12.1 Å². The van der Waals surface area contributed by atoms with Gasteiger partial charge in [-0.15, -0.1) is 0 Å². The van der Waals surface area contributed by atoms with Gasteiger partial charge in [0.25, 0.3) is 0 Å². The molecule has 2 rings (SSSR count). The number of nitrogens with zero attached hydrogens (tertiary/aromatic N) is 2. The third kappa shape index (κ3) is 2.28. The second kappa shape index (κ2) is 4.29. The van der Waals surface area contributed by atoms with E-state index in [4.69, 9.17) is 5.11 Å². The van der Waals surface area contributed by atoms with E-state index in [0.717, 1.165) is 5.69 Å². The fourth-order valence-electron chi connectivity index (χ4n) is 1.61. The van der Waals surface area contributed by atoms with Crippen LogP contribution in [0, 0.1) is 0 Å². The van der Waals surface area contributed by atoms with Crippen LogP contribution in [-0.4, -0.2) is 20.2 Å². The Morgan fingerprint density at radius 2 is 1.88 bits per heavy atom. The lowest BCUT2D eigenvalue weighted by Gasteiger charge is -2.02. The van der Waals surface area contributed by atoms with Gasteiger partial charge in [-0.2, -0.15) is 0 Å².